The van der Waals surface area contributed by atoms with Gasteiger partial charge < -0.3 is 10.1 Å². The number of hydrogen-bond donors (Lipinski definition) is 1. The average molecular weight is 247 g/mol. The molecule has 1 heterocycles. The van der Waals surface area contributed by atoms with Crippen LogP contribution in [0.3, 0.4) is 0 Å². The molecule has 2 heteroatoms. The highest BCUT2D eigenvalue weighted by Crippen LogP contribution is 2.15. The van der Waals surface area contributed by atoms with Crippen LogP contribution in [0.25, 0.3) is 0 Å². The molecule has 2 unspecified atom stereocenters. The van der Waals surface area contributed by atoms with Gasteiger partial charge in [-0.1, -0.05) is 30.3 Å². The number of hydrogen-bond acceptors (Lipinski definition) is 2. The lowest BCUT2D eigenvalue weighted by molar-refractivity contribution is 0.0837. The van der Waals surface area contributed by atoms with Gasteiger partial charge in [0.15, 0.2) is 0 Å². The van der Waals surface area contributed by atoms with Gasteiger partial charge in [0.2, 0.25) is 0 Å². The van der Waals surface area contributed by atoms with Crippen molar-refractivity contribution in [3.8, 4) is 0 Å². The Hall–Kier alpha value is -0.860. The number of benzene rings is 1. The lowest BCUT2D eigenvalue weighted by Crippen LogP contribution is -2.37. The standard InChI is InChI=1S/C16H25NO/c1-14(16-11-7-13-18-16)17-12-6-5-10-15-8-3-2-4-9-15/h2-4,8-9,14,16-17H,5-7,10-13H2,1H3. The van der Waals surface area contributed by atoms with Crippen LogP contribution in [0.15, 0.2) is 30.3 Å². The minimum atomic E-state index is 0.444. The van der Waals surface area contributed by atoms with Gasteiger partial charge in [-0.3, -0.25) is 0 Å². The van der Waals surface area contributed by atoms with E-state index in [2.05, 4.69) is 42.6 Å². The average Bonchev–Trinajstić information content (AvgIpc) is 2.93. The van der Waals surface area contributed by atoms with Gasteiger partial charge in [0, 0.05) is 12.6 Å². The van der Waals surface area contributed by atoms with Crippen LogP contribution < -0.4 is 5.32 Å². The topological polar surface area (TPSA) is 21.3 Å². The molecule has 2 atom stereocenters. The Morgan fingerprint density at radius 1 is 1.28 bits per heavy atom. The molecule has 0 radical (unpaired) electrons. The first-order chi connectivity index (χ1) is 8.86. The third-order valence-electron chi connectivity index (χ3n) is 3.72. The number of nitrogens with one attached hydrogen (secondary N) is 1. The fourth-order valence-electron chi connectivity index (χ4n) is 2.56. The van der Waals surface area contributed by atoms with Crippen LogP contribution in [0.1, 0.15) is 38.2 Å². The molecule has 0 spiro atoms. The molecule has 0 aliphatic carbocycles. The fraction of sp³-hybridized carbons (Fsp3) is 0.625. The molecular formula is C16H25NO. The van der Waals surface area contributed by atoms with Gasteiger partial charge in [-0.25, -0.2) is 0 Å². The predicted octanol–water partition coefficient (Wildman–Crippen LogP) is 3.17. The van der Waals surface area contributed by atoms with E-state index >= 15 is 0 Å². The van der Waals surface area contributed by atoms with Crippen molar-refractivity contribution in [3.63, 3.8) is 0 Å². The van der Waals surface area contributed by atoms with E-state index in [1.54, 1.807) is 0 Å². The molecule has 18 heavy (non-hydrogen) atoms. The van der Waals surface area contributed by atoms with Crippen molar-refractivity contribution in [2.24, 2.45) is 0 Å². The first-order valence-electron chi connectivity index (χ1n) is 7.25. The first kappa shape index (κ1) is 13.6. The van der Waals surface area contributed by atoms with E-state index in [0.29, 0.717) is 12.1 Å². The summed E-state index contributed by atoms with van der Waals surface area (Å²) in [6.07, 6.45) is 6.58. The Labute approximate surface area is 111 Å². The maximum Gasteiger partial charge on any atom is 0.0726 e. The molecule has 1 aliphatic rings. The lowest BCUT2D eigenvalue weighted by atomic mass is 10.1. The molecule has 1 aliphatic heterocycles. The summed E-state index contributed by atoms with van der Waals surface area (Å²) in [6.45, 7) is 4.30. The van der Waals surface area contributed by atoms with Gasteiger partial charge in [-0.15, -0.1) is 0 Å². The maximum absolute atomic E-state index is 5.68. The van der Waals surface area contributed by atoms with Gasteiger partial charge in [-0.05, 0) is 51.1 Å². The molecule has 0 amide bonds. The van der Waals surface area contributed by atoms with Crippen LogP contribution in [0.2, 0.25) is 0 Å². The quantitative estimate of drug-likeness (QED) is 0.747. The smallest absolute Gasteiger partial charge is 0.0726 e. The highest BCUT2D eigenvalue weighted by atomic mass is 16.5. The van der Waals surface area contributed by atoms with Crippen LogP contribution in [-0.2, 0) is 11.2 Å². The van der Waals surface area contributed by atoms with Gasteiger partial charge >= 0.3 is 0 Å². The van der Waals surface area contributed by atoms with Gasteiger partial charge in [0.25, 0.3) is 0 Å². The molecule has 1 N–H and O–H groups in total. The maximum atomic E-state index is 5.68. The molecule has 100 valence electrons. The van der Waals surface area contributed by atoms with Gasteiger partial charge in [-0.2, -0.15) is 0 Å². The zero-order valence-electron chi connectivity index (χ0n) is 11.4. The molecule has 1 fully saturated rings. The summed E-state index contributed by atoms with van der Waals surface area (Å²) >= 11 is 0. The molecule has 1 aromatic carbocycles. The van der Waals surface area contributed by atoms with E-state index in [1.807, 2.05) is 0 Å². The number of unbranched alkanes of at least 4 members (excludes halogenated alkanes) is 1. The SMILES string of the molecule is CC(NCCCCc1ccccc1)C1CCCO1. The molecule has 2 nitrogen and oxygen atoms in total. The van der Waals surface area contributed by atoms with E-state index in [-0.39, 0.29) is 0 Å². The number of aryl methyl sites for hydroxylation is 1. The van der Waals surface area contributed by atoms with Crippen molar-refractivity contribution in [1.82, 2.24) is 5.32 Å². The summed E-state index contributed by atoms with van der Waals surface area (Å²) in [7, 11) is 0. The summed E-state index contributed by atoms with van der Waals surface area (Å²) in [5.41, 5.74) is 1.45. The Bertz CT molecular complexity index is 319. The predicted molar refractivity (Wildman–Crippen MR) is 75.8 cm³/mol. The zero-order valence-corrected chi connectivity index (χ0v) is 11.4. The minimum Gasteiger partial charge on any atom is -0.377 e. The Morgan fingerprint density at radius 2 is 2.11 bits per heavy atom. The summed E-state index contributed by atoms with van der Waals surface area (Å²) in [4.78, 5) is 0. The van der Waals surface area contributed by atoms with Crippen LogP contribution in [0.4, 0.5) is 0 Å². The zero-order chi connectivity index (χ0) is 12.6. The van der Waals surface area contributed by atoms with Gasteiger partial charge in [0.1, 0.15) is 0 Å². The Morgan fingerprint density at radius 3 is 2.83 bits per heavy atom. The number of ether oxygens (including phenoxy) is 1. The van der Waals surface area contributed by atoms with Crippen LogP contribution in [0.5, 0.6) is 0 Å². The second-order valence-electron chi connectivity index (χ2n) is 5.24. The van der Waals surface area contributed by atoms with Crippen molar-refractivity contribution in [3.05, 3.63) is 35.9 Å². The van der Waals surface area contributed by atoms with E-state index in [9.17, 15) is 0 Å². The highest BCUT2D eigenvalue weighted by molar-refractivity contribution is 5.14. The first-order valence-corrected chi connectivity index (χ1v) is 7.25. The summed E-state index contributed by atoms with van der Waals surface area (Å²) < 4.78 is 5.68. The van der Waals surface area contributed by atoms with E-state index in [1.165, 1.54) is 37.7 Å². The summed E-state index contributed by atoms with van der Waals surface area (Å²) in [5.74, 6) is 0. The monoisotopic (exact) mass is 247 g/mol. The molecular weight excluding hydrogens is 222 g/mol. The van der Waals surface area contributed by atoms with Crippen molar-refractivity contribution in [2.75, 3.05) is 13.2 Å². The minimum absolute atomic E-state index is 0.444. The van der Waals surface area contributed by atoms with Crippen molar-refractivity contribution in [1.29, 1.82) is 0 Å². The lowest BCUT2D eigenvalue weighted by Gasteiger charge is -2.19. The second kappa shape index (κ2) is 7.55. The van der Waals surface area contributed by atoms with E-state index in [0.717, 1.165) is 13.2 Å². The summed E-state index contributed by atoms with van der Waals surface area (Å²) in [5, 5.41) is 3.59. The molecule has 2 rings (SSSR count). The van der Waals surface area contributed by atoms with Crippen molar-refractivity contribution in [2.45, 2.75) is 51.2 Å². The molecule has 0 aromatic heterocycles. The second-order valence-corrected chi connectivity index (χ2v) is 5.24. The van der Waals surface area contributed by atoms with Crippen LogP contribution in [-0.4, -0.2) is 25.3 Å². The van der Waals surface area contributed by atoms with E-state index < -0.39 is 0 Å². The third-order valence-corrected chi connectivity index (χ3v) is 3.72. The van der Waals surface area contributed by atoms with Crippen molar-refractivity contribution < 1.29 is 4.74 Å². The highest BCUT2D eigenvalue weighted by Gasteiger charge is 2.21. The van der Waals surface area contributed by atoms with Gasteiger partial charge in [0.05, 0.1) is 6.10 Å². The van der Waals surface area contributed by atoms with E-state index in [4.69, 9.17) is 4.74 Å². The Balaban J connectivity index is 1.53. The molecule has 0 bridgehead atoms. The Kier molecular flexibility index (Phi) is 5.69. The normalized spacial score (nSPS) is 21.1. The molecule has 1 saturated heterocycles. The fourth-order valence-corrected chi connectivity index (χ4v) is 2.56. The van der Waals surface area contributed by atoms with Crippen LogP contribution in [0, 0.1) is 0 Å². The number of rotatable bonds is 7. The largest absolute Gasteiger partial charge is 0.377 e. The third kappa shape index (κ3) is 4.43. The summed E-state index contributed by atoms with van der Waals surface area (Å²) in [6, 6.07) is 11.2. The molecule has 1 aromatic rings. The molecule has 0 saturated carbocycles. The van der Waals surface area contributed by atoms with Crippen LogP contribution >= 0.6 is 0 Å². The van der Waals surface area contributed by atoms with Crippen molar-refractivity contribution >= 4 is 0 Å².